The lowest BCUT2D eigenvalue weighted by Gasteiger charge is -2.15. The molecule has 2 amide bonds. The third-order valence-corrected chi connectivity index (χ3v) is 8.29. The second-order valence-electron chi connectivity index (χ2n) is 9.06. The van der Waals surface area contributed by atoms with Gasteiger partial charge in [0.05, 0.1) is 42.4 Å². The summed E-state index contributed by atoms with van der Waals surface area (Å²) in [7, 11) is 3.06. The molecular formula is C29H28N6O4S2. The Hall–Kier alpha value is -4.42. The van der Waals surface area contributed by atoms with Gasteiger partial charge in [-0.05, 0) is 55.3 Å². The van der Waals surface area contributed by atoms with Crippen molar-refractivity contribution in [3.63, 3.8) is 0 Å². The number of aromatic nitrogens is 4. The van der Waals surface area contributed by atoms with Crippen LogP contribution in [-0.2, 0) is 11.3 Å². The zero-order valence-corrected chi connectivity index (χ0v) is 24.6. The van der Waals surface area contributed by atoms with Crippen molar-refractivity contribution in [2.45, 2.75) is 25.5 Å². The molecule has 0 radical (unpaired) electrons. The maximum atomic E-state index is 13.0. The minimum Gasteiger partial charge on any atom is -0.497 e. The SMILES string of the molecule is COc1cc(OC)cc(C(=O)NCc2nnc(SCC(=O)Nc3nc4ccccc4s3)n2-c2cccc(C)c2C)c1. The first-order valence-corrected chi connectivity index (χ1v) is 14.5. The first kappa shape index (κ1) is 28.1. The molecule has 0 saturated carbocycles. The van der Waals surface area contributed by atoms with Crippen LogP contribution in [0.15, 0.2) is 65.8 Å². The van der Waals surface area contributed by atoms with Crippen molar-refractivity contribution in [2.75, 3.05) is 25.3 Å². The van der Waals surface area contributed by atoms with E-state index in [1.165, 1.54) is 37.3 Å². The third-order valence-electron chi connectivity index (χ3n) is 6.41. The Morgan fingerprint density at radius 3 is 2.46 bits per heavy atom. The molecule has 210 valence electrons. The number of aryl methyl sites for hydroxylation is 1. The Balaban J connectivity index is 1.35. The summed E-state index contributed by atoms with van der Waals surface area (Å²) in [5.74, 6) is 1.13. The number of thiazole rings is 1. The molecule has 0 spiro atoms. The van der Waals surface area contributed by atoms with Crippen molar-refractivity contribution >= 4 is 50.3 Å². The number of thioether (sulfide) groups is 1. The van der Waals surface area contributed by atoms with Gasteiger partial charge in [-0.3, -0.25) is 14.2 Å². The fourth-order valence-corrected chi connectivity index (χ4v) is 5.78. The highest BCUT2D eigenvalue weighted by molar-refractivity contribution is 7.99. The number of carbonyl (C=O) groups excluding carboxylic acids is 2. The van der Waals surface area contributed by atoms with Gasteiger partial charge in [0.15, 0.2) is 16.1 Å². The van der Waals surface area contributed by atoms with Crippen LogP contribution in [0, 0.1) is 13.8 Å². The largest absolute Gasteiger partial charge is 0.497 e. The number of rotatable bonds is 10. The fourth-order valence-electron chi connectivity index (χ4n) is 4.14. The van der Waals surface area contributed by atoms with E-state index >= 15 is 0 Å². The van der Waals surface area contributed by atoms with Gasteiger partial charge in [-0.1, -0.05) is 47.4 Å². The van der Waals surface area contributed by atoms with Gasteiger partial charge >= 0.3 is 0 Å². The molecule has 5 aromatic rings. The Bertz CT molecular complexity index is 1680. The molecule has 0 atom stereocenters. The Labute approximate surface area is 245 Å². The van der Waals surface area contributed by atoms with Crippen molar-refractivity contribution in [1.29, 1.82) is 0 Å². The maximum Gasteiger partial charge on any atom is 0.251 e. The van der Waals surface area contributed by atoms with Crippen LogP contribution < -0.4 is 20.1 Å². The minimum absolute atomic E-state index is 0.106. The molecule has 10 nitrogen and oxygen atoms in total. The lowest BCUT2D eigenvalue weighted by Crippen LogP contribution is -2.25. The molecule has 0 aliphatic heterocycles. The number of methoxy groups -OCH3 is 2. The molecule has 0 unspecified atom stereocenters. The van der Waals surface area contributed by atoms with Gasteiger partial charge in [-0.25, -0.2) is 4.98 Å². The number of nitrogens with zero attached hydrogens (tertiary/aromatic N) is 4. The van der Waals surface area contributed by atoms with E-state index in [1.807, 2.05) is 60.9 Å². The van der Waals surface area contributed by atoms with Crippen molar-refractivity contribution in [3.05, 3.63) is 83.2 Å². The van der Waals surface area contributed by atoms with E-state index in [1.54, 1.807) is 18.2 Å². The monoisotopic (exact) mass is 588 g/mol. The van der Waals surface area contributed by atoms with Crippen molar-refractivity contribution in [1.82, 2.24) is 25.1 Å². The summed E-state index contributed by atoms with van der Waals surface area (Å²) < 4.78 is 13.5. The number of fused-ring (bicyclic) bond motifs is 1. The number of ether oxygens (including phenoxy) is 2. The third kappa shape index (κ3) is 6.34. The van der Waals surface area contributed by atoms with Crippen molar-refractivity contribution < 1.29 is 19.1 Å². The van der Waals surface area contributed by atoms with Crippen LogP contribution >= 0.6 is 23.1 Å². The van der Waals surface area contributed by atoms with E-state index in [9.17, 15) is 9.59 Å². The molecule has 3 aromatic carbocycles. The number of para-hydroxylation sites is 1. The summed E-state index contributed by atoms with van der Waals surface area (Å²) in [5, 5.41) is 15.6. The number of amides is 2. The van der Waals surface area contributed by atoms with Crippen molar-refractivity contribution in [2.24, 2.45) is 0 Å². The van der Waals surface area contributed by atoms with Gasteiger partial charge in [0.2, 0.25) is 5.91 Å². The number of nitrogens with one attached hydrogen (secondary N) is 2. The van der Waals surface area contributed by atoms with Crippen LogP contribution in [0.25, 0.3) is 15.9 Å². The number of carbonyl (C=O) groups is 2. The number of benzene rings is 3. The van der Waals surface area contributed by atoms with E-state index in [-0.39, 0.29) is 24.1 Å². The average molecular weight is 589 g/mol. The zero-order valence-electron chi connectivity index (χ0n) is 22.9. The predicted molar refractivity (Wildman–Crippen MR) is 161 cm³/mol. The molecular weight excluding hydrogens is 560 g/mol. The molecule has 0 saturated heterocycles. The van der Waals surface area contributed by atoms with Gasteiger partial charge in [-0.15, -0.1) is 10.2 Å². The number of hydrogen-bond acceptors (Lipinski definition) is 9. The van der Waals surface area contributed by atoms with Gasteiger partial charge in [0, 0.05) is 11.6 Å². The van der Waals surface area contributed by atoms with Gasteiger partial charge in [-0.2, -0.15) is 0 Å². The highest BCUT2D eigenvalue weighted by atomic mass is 32.2. The summed E-state index contributed by atoms with van der Waals surface area (Å²) in [6.07, 6.45) is 0. The molecule has 2 heterocycles. The highest BCUT2D eigenvalue weighted by Crippen LogP contribution is 2.28. The van der Waals surface area contributed by atoms with E-state index in [4.69, 9.17) is 9.47 Å². The van der Waals surface area contributed by atoms with Gasteiger partial charge in [0.25, 0.3) is 5.91 Å². The predicted octanol–water partition coefficient (Wildman–Crippen LogP) is 5.17. The minimum atomic E-state index is -0.317. The molecule has 2 aromatic heterocycles. The molecule has 12 heteroatoms. The second kappa shape index (κ2) is 12.4. The Kier molecular flexibility index (Phi) is 8.50. The van der Waals surface area contributed by atoms with Crippen LogP contribution in [0.4, 0.5) is 5.13 Å². The quantitative estimate of drug-likeness (QED) is 0.214. The Morgan fingerprint density at radius 2 is 1.73 bits per heavy atom. The lowest BCUT2D eigenvalue weighted by atomic mass is 10.1. The average Bonchev–Trinajstić information content (AvgIpc) is 3.59. The topological polar surface area (TPSA) is 120 Å². The number of anilines is 1. The van der Waals surface area contributed by atoms with Gasteiger partial charge in [0.1, 0.15) is 11.5 Å². The summed E-state index contributed by atoms with van der Waals surface area (Å²) in [4.78, 5) is 30.3. The van der Waals surface area contributed by atoms with Crippen LogP contribution in [0.5, 0.6) is 11.5 Å². The smallest absolute Gasteiger partial charge is 0.251 e. The van der Waals surface area contributed by atoms with Gasteiger partial charge < -0.3 is 20.1 Å². The van der Waals surface area contributed by atoms with E-state index < -0.39 is 0 Å². The molecule has 0 aliphatic rings. The molecule has 2 N–H and O–H groups in total. The van der Waals surface area contributed by atoms with Crippen LogP contribution in [0.1, 0.15) is 27.3 Å². The normalized spacial score (nSPS) is 10.9. The molecule has 0 bridgehead atoms. The molecule has 41 heavy (non-hydrogen) atoms. The van der Waals surface area contributed by atoms with E-state index in [2.05, 4.69) is 25.8 Å². The van der Waals surface area contributed by atoms with Crippen LogP contribution in [-0.4, -0.2) is 51.5 Å². The zero-order chi connectivity index (χ0) is 28.9. The Morgan fingerprint density at radius 1 is 0.976 bits per heavy atom. The summed E-state index contributed by atoms with van der Waals surface area (Å²) in [6.45, 7) is 4.15. The first-order valence-electron chi connectivity index (χ1n) is 12.7. The summed E-state index contributed by atoms with van der Waals surface area (Å²) >= 11 is 2.69. The van der Waals surface area contributed by atoms with Crippen LogP contribution in [0.2, 0.25) is 0 Å². The molecule has 5 rings (SSSR count). The standard InChI is InChI=1S/C29H28N6O4S2/c1-17-8-7-10-23(18(17)2)35-25(15-30-27(37)19-12-20(38-3)14-21(13-19)39-4)33-34-29(35)40-16-26(36)32-28-31-22-9-5-6-11-24(22)41-28/h5-14H,15-16H2,1-4H3,(H,30,37)(H,31,32,36). The lowest BCUT2D eigenvalue weighted by molar-refractivity contribution is -0.113. The number of hydrogen-bond donors (Lipinski definition) is 2. The highest BCUT2D eigenvalue weighted by Gasteiger charge is 2.20. The molecule has 0 fully saturated rings. The summed E-state index contributed by atoms with van der Waals surface area (Å²) in [5.41, 5.74) is 4.24. The fraction of sp³-hybridized carbons (Fsp3) is 0.207. The maximum absolute atomic E-state index is 13.0. The summed E-state index contributed by atoms with van der Waals surface area (Å²) in [6, 6.07) is 18.7. The van der Waals surface area contributed by atoms with E-state index in [0.29, 0.717) is 33.2 Å². The second-order valence-corrected chi connectivity index (χ2v) is 11.0. The first-order chi connectivity index (χ1) is 19.9. The van der Waals surface area contributed by atoms with Crippen molar-refractivity contribution in [3.8, 4) is 17.2 Å². The van der Waals surface area contributed by atoms with E-state index in [0.717, 1.165) is 27.0 Å². The molecule has 0 aliphatic carbocycles. The van der Waals surface area contributed by atoms with Crippen LogP contribution in [0.3, 0.4) is 0 Å².